The SMILES string of the molecule is Nc1c(NCCCN2CCC(OC(c3ccccc3)c3ccccc3)CC2)c(=O)c1=O. The summed E-state index contributed by atoms with van der Waals surface area (Å²) < 4.78 is 6.60. The summed E-state index contributed by atoms with van der Waals surface area (Å²) in [5.74, 6) is 0. The summed E-state index contributed by atoms with van der Waals surface area (Å²) in [5.41, 5.74) is 7.18. The molecule has 6 nitrogen and oxygen atoms in total. The first-order valence-corrected chi connectivity index (χ1v) is 10.9. The minimum Gasteiger partial charge on any atom is -0.394 e. The molecule has 0 bridgehead atoms. The van der Waals surface area contributed by atoms with Crippen molar-refractivity contribution in [2.45, 2.75) is 31.5 Å². The van der Waals surface area contributed by atoms with E-state index in [1.54, 1.807) is 0 Å². The van der Waals surface area contributed by atoms with Crippen molar-refractivity contribution < 1.29 is 4.74 Å². The summed E-state index contributed by atoms with van der Waals surface area (Å²) in [6, 6.07) is 20.8. The van der Waals surface area contributed by atoms with E-state index in [1.165, 1.54) is 11.1 Å². The van der Waals surface area contributed by atoms with Crippen LogP contribution in [-0.4, -0.2) is 37.2 Å². The molecule has 3 N–H and O–H groups in total. The van der Waals surface area contributed by atoms with Gasteiger partial charge < -0.3 is 20.7 Å². The van der Waals surface area contributed by atoms with Crippen molar-refractivity contribution in [1.82, 2.24) is 4.90 Å². The van der Waals surface area contributed by atoms with E-state index in [1.807, 2.05) is 12.1 Å². The molecule has 0 amide bonds. The first-order valence-electron chi connectivity index (χ1n) is 10.9. The van der Waals surface area contributed by atoms with Crippen LogP contribution in [0.4, 0.5) is 11.4 Å². The maximum Gasteiger partial charge on any atom is 0.253 e. The zero-order valence-electron chi connectivity index (χ0n) is 17.6. The third-order valence-electron chi connectivity index (χ3n) is 5.97. The molecule has 3 aromatic rings. The molecule has 31 heavy (non-hydrogen) atoms. The van der Waals surface area contributed by atoms with E-state index in [2.05, 4.69) is 58.7 Å². The smallest absolute Gasteiger partial charge is 0.253 e. The van der Waals surface area contributed by atoms with Gasteiger partial charge in [-0.3, -0.25) is 9.59 Å². The first-order chi connectivity index (χ1) is 15.1. The fraction of sp³-hybridized carbons (Fsp3) is 0.360. The number of nitrogens with two attached hydrogens (primary N) is 1. The minimum absolute atomic E-state index is 0.0513. The second-order valence-corrected chi connectivity index (χ2v) is 8.11. The molecular weight excluding hydrogens is 390 g/mol. The fourth-order valence-corrected chi connectivity index (χ4v) is 4.17. The highest BCUT2D eigenvalue weighted by molar-refractivity contribution is 5.71. The van der Waals surface area contributed by atoms with Crippen LogP contribution in [0.15, 0.2) is 70.3 Å². The van der Waals surface area contributed by atoms with Crippen molar-refractivity contribution in [1.29, 1.82) is 0 Å². The number of hydrogen-bond acceptors (Lipinski definition) is 6. The highest BCUT2D eigenvalue weighted by atomic mass is 16.5. The van der Waals surface area contributed by atoms with Crippen molar-refractivity contribution in [3.63, 3.8) is 0 Å². The molecule has 0 aromatic heterocycles. The van der Waals surface area contributed by atoms with Crippen molar-refractivity contribution in [3.8, 4) is 0 Å². The molecule has 1 heterocycles. The van der Waals surface area contributed by atoms with Crippen molar-refractivity contribution >= 4 is 11.4 Å². The van der Waals surface area contributed by atoms with Crippen LogP contribution in [0.5, 0.6) is 0 Å². The van der Waals surface area contributed by atoms with Gasteiger partial charge >= 0.3 is 0 Å². The molecular formula is C25H29N3O3. The average Bonchev–Trinajstić information content (AvgIpc) is 2.83. The van der Waals surface area contributed by atoms with Gasteiger partial charge in [0.2, 0.25) is 0 Å². The normalized spacial score (nSPS) is 15.5. The third-order valence-corrected chi connectivity index (χ3v) is 5.97. The number of piperidine rings is 1. The van der Waals surface area contributed by atoms with Crippen LogP contribution in [0.25, 0.3) is 0 Å². The number of nitrogens with zero attached hydrogens (tertiary/aromatic N) is 1. The molecule has 0 atom stereocenters. The highest BCUT2D eigenvalue weighted by Crippen LogP contribution is 2.30. The number of hydrogen-bond donors (Lipinski definition) is 2. The van der Waals surface area contributed by atoms with Gasteiger partial charge in [0.1, 0.15) is 17.5 Å². The molecule has 0 radical (unpaired) electrons. The first kappa shape index (κ1) is 21.3. The summed E-state index contributed by atoms with van der Waals surface area (Å²) in [6.45, 7) is 3.55. The Morgan fingerprint density at radius 3 is 2.06 bits per heavy atom. The van der Waals surface area contributed by atoms with Crippen LogP contribution in [0.1, 0.15) is 36.5 Å². The molecule has 0 aliphatic carbocycles. The Morgan fingerprint density at radius 1 is 0.935 bits per heavy atom. The summed E-state index contributed by atoms with van der Waals surface area (Å²) in [7, 11) is 0. The maximum absolute atomic E-state index is 11.4. The van der Waals surface area contributed by atoms with E-state index in [4.69, 9.17) is 10.5 Å². The lowest BCUT2D eigenvalue weighted by molar-refractivity contribution is -0.0269. The molecule has 3 aromatic carbocycles. The van der Waals surface area contributed by atoms with E-state index in [-0.39, 0.29) is 23.6 Å². The highest BCUT2D eigenvalue weighted by Gasteiger charge is 2.24. The second-order valence-electron chi connectivity index (χ2n) is 8.11. The standard InChI is InChI=1S/C25H29N3O3/c26-21-22(24(30)23(21)29)27-14-7-15-28-16-12-20(13-17-28)31-25(18-8-3-1-4-9-18)19-10-5-2-6-11-19/h1-6,8-11,20,25,27H,7,12-17,26H2. The van der Waals surface area contributed by atoms with Crippen LogP contribution in [-0.2, 0) is 4.74 Å². The summed E-state index contributed by atoms with van der Waals surface area (Å²) >= 11 is 0. The monoisotopic (exact) mass is 419 g/mol. The van der Waals surface area contributed by atoms with Crippen LogP contribution in [0.3, 0.4) is 0 Å². The van der Waals surface area contributed by atoms with E-state index in [9.17, 15) is 9.59 Å². The molecule has 4 rings (SSSR count). The number of nitrogen functional groups attached to an aromatic ring is 1. The minimum atomic E-state index is -0.575. The van der Waals surface area contributed by atoms with Gasteiger partial charge in [-0.2, -0.15) is 0 Å². The number of likely N-dealkylation sites (tertiary alicyclic amines) is 1. The quantitative estimate of drug-likeness (QED) is 0.410. The Hall–Kier alpha value is -2.96. The number of anilines is 2. The number of nitrogens with one attached hydrogen (secondary N) is 1. The topological polar surface area (TPSA) is 84.7 Å². The maximum atomic E-state index is 11.4. The summed E-state index contributed by atoms with van der Waals surface area (Å²) in [4.78, 5) is 25.0. The number of benzene rings is 2. The second kappa shape index (κ2) is 9.90. The Labute approximate surface area is 182 Å². The van der Waals surface area contributed by atoms with Crippen LogP contribution in [0, 0.1) is 0 Å². The van der Waals surface area contributed by atoms with Gasteiger partial charge in [0.05, 0.1) is 6.10 Å². The third kappa shape index (κ3) is 5.03. The molecule has 0 spiro atoms. The number of rotatable bonds is 9. The predicted molar refractivity (Wildman–Crippen MR) is 124 cm³/mol. The molecule has 1 aliphatic heterocycles. The summed E-state index contributed by atoms with van der Waals surface area (Å²) in [6.07, 6.45) is 3.05. The Morgan fingerprint density at radius 2 is 1.52 bits per heavy atom. The van der Waals surface area contributed by atoms with Gasteiger partial charge in [0.15, 0.2) is 0 Å². The largest absolute Gasteiger partial charge is 0.394 e. The average molecular weight is 420 g/mol. The molecule has 0 unspecified atom stereocenters. The molecule has 1 aliphatic rings. The van der Waals surface area contributed by atoms with E-state index in [0.29, 0.717) is 6.54 Å². The van der Waals surface area contributed by atoms with Crippen LogP contribution >= 0.6 is 0 Å². The van der Waals surface area contributed by atoms with Crippen molar-refractivity contribution in [2.24, 2.45) is 0 Å². The van der Waals surface area contributed by atoms with Gasteiger partial charge in [-0.25, -0.2) is 0 Å². The lowest BCUT2D eigenvalue weighted by atomic mass is 10.00. The zero-order chi connectivity index (χ0) is 21.6. The molecule has 6 heteroatoms. The van der Waals surface area contributed by atoms with Gasteiger partial charge in [-0.15, -0.1) is 0 Å². The Bertz CT molecular complexity index is 998. The van der Waals surface area contributed by atoms with Crippen LogP contribution < -0.4 is 21.9 Å². The molecule has 1 saturated heterocycles. The van der Waals surface area contributed by atoms with Crippen molar-refractivity contribution in [2.75, 3.05) is 37.2 Å². The van der Waals surface area contributed by atoms with Gasteiger partial charge in [0.25, 0.3) is 10.9 Å². The van der Waals surface area contributed by atoms with E-state index < -0.39 is 10.9 Å². The Kier molecular flexibility index (Phi) is 6.79. The Balaban J connectivity index is 1.25. The van der Waals surface area contributed by atoms with Gasteiger partial charge in [0, 0.05) is 19.6 Å². The van der Waals surface area contributed by atoms with E-state index >= 15 is 0 Å². The van der Waals surface area contributed by atoms with E-state index in [0.717, 1.165) is 38.9 Å². The number of ether oxygens (including phenoxy) is 1. The van der Waals surface area contributed by atoms with Gasteiger partial charge in [-0.05, 0) is 36.9 Å². The molecule has 0 saturated carbocycles. The molecule has 162 valence electrons. The lowest BCUT2D eigenvalue weighted by Gasteiger charge is -2.34. The van der Waals surface area contributed by atoms with Gasteiger partial charge in [-0.1, -0.05) is 60.7 Å². The predicted octanol–water partition coefficient (Wildman–Crippen LogP) is 2.94. The zero-order valence-corrected chi connectivity index (χ0v) is 17.6. The van der Waals surface area contributed by atoms with Crippen LogP contribution in [0.2, 0.25) is 0 Å². The molecule has 1 fully saturated rings. The summed E-state index contributed by atoms with van der Waals surface area (Å²) in [5, 5.41) is 2.99. The lowest BCUT2D eigenvalue weighted by Crippen LogP contribution is -2.39. The fourth-order valence-electron chi connectivity index (χ4n) is 4.17. The van der Waals surface area contributed by atoms with Crippen molar-refractivity contribution in [3.05, 3.63) is 92.2 Å².